The molecule has 2 aromatic rings. The maximum atomic E-state index is 12.8. The van der Waals surface area contributed by atoms with Crippen molar-refractivity contribution < 1.29 is 23.9 Å². The van der Waals surface area contributed by atoms with Gasteiger partial charge in [-0.05, 0) is 74.6 Å². The molecule has 2 heterocycles. The van der Waals surface area contributed by atoms with Crippen molar-refractivity contribution in [2.24, 2.45) is 0 Å². The monoisotopic (exact) mass is 437 g/mol. The molecule has 0 bridgehead atoms. The zero-order valence-electron chi connectivity index (χ0n) is 18.0. The molecule has 2 aromatic carbocycles. The number of carbonyl (C=O) groups is 3. The van der Waals surface area contributed by atoms with Gasteiger partial charge in [0, 0.05) is 24.5 Å². The Morgan fingerprint density at radius 3 is 2.00 bits per heavy atom. The highest BCUT2D eigenvalue weighted by Crippen LogP contribution is 2.25. The van der Waals surface area contributed by atoms with E-state index in [1.165, 1.54) is 0 Å². The van der Waals surface area contributed by atoms with Crippen LogP contribution in [0.3, 0.4) is 0 Å². The fourth-order valence-corrected chi connectivity index (χ4v) is 3.77. The van der Waals surface area contributed by atoms with E-state index in [4.69, 9.17) is 9.47 Å². The summed E-state index contributed by atoms with van der Waals surface area (Å²) in [5, 5.41) is 8.53. The molecule has 3 amide bonds. The molecule has 4 rings (SSSR count). The van der Waals surface area contributed by atoms with Crippen LogP contribution in [-0.4, -0.2) is 43.1 Å². The normalized spacial score (nSPS) is 20.0. The van der Waals surface area contributed by atoms with E-state index in [-0.39, 0.29) is 17.7 Å². The van der Waals surface area contributed by atoms with Gasteiger partial charge in [-0.25, -0.2) is 0 Å². The lowest BCUT2D eigenvalue weighted by atomic mass is 10.1. The lowest BCUT2D eigenvalue weighted by Crippen LogP contribution is -2.27. The molecule has 0 spiro atoms. The second-order valence-electron chi connectivity index (χ2n) is 8.06. The van der Waals surface area contributed by atoms with Gasteiger partial charge in [-0.3, -0.25) is 14.4 Å². The van der Waals surface area contributed by atoms with E-state index in [0.29, 0.717) is 48.7 Å². The molecule has 8 nitrogen and oxygen atoms in total. The first-order valence-electron chi connectivity index (χ1n) is 10.9. The van der Waals surface area contributed by atoms with Gasteiger partial charge in [0.15, 0.2) is 0 Å². The van der Waals surface area contributed by atoms with Crippen molar-refractivity contribution in [3.8, 4) is 0 Å². The van der Waals surface area contributed by atoms with E-state index in [0.717, 1.165) is 18.4 Å². The van der Waals surface area contributed by atoms with E-state index in [2.05, 4.69) is 16.0 Å². The Labute approximate surface area is 186 Å². The molecule has 8 heteroatoms. The molecule has 0 radical (unpaired) electrons. The molecule has 2 saturated heterocycles. The summed E-state index contributed by atoms with van der Waals surface area (Å²) in [6.45, 7) is 3.10. The summed E-state index contributed by atoms with van der Waals surface area (Å²) in [7, 11) is 0. The van der Waals surface area contributed by atoms with Crippen LogP contribution < -0.4 is 16.0 Å². The molecule has 3 N–H and O–H groups in total. The number of nitrogens with one attached hydrogen (secondary N) is 3. The molecule has 168 valence electrons. The molecule has 0 aromatic heterocycles. The number of amides is 3. The molecule has 32 heavy (non-hydrogen) atoms. The number of hydrogen-bond acceptors (Lipinski definition) is 5. The third kappa shape index (κ3) is 5.33. The first kappa shape index (κ1) is 22.0. The average Bonchev–Trinajstić information content (AvgIpc) is 3.50. The van der Waals surface area contributed by atoms with Gasteiger partial charge in [-0.2, -0.15) is 0 Å². The summed E-state index contributed by atoms with van der Waals surface area (Å²) in [6, 6.07) is 12.1. The second-order valence-corrected chi connectivity index (χ2v) is 8.06. The SMILES string of the molecule is Cc1ccc(NC(=O)c2ccc(NC(=O)C3CCCO3)cc2)c(NC(=O)C2CCCO2)c1. The zero-order chi connectivity index (χ0) is 22.5. The topological polar surface area (TPSA) is 106 Å². The molecule has 2 aliphatic heterocycles. The predicted molar refractivity (Wildman–Crippen MR) is 121 cm³/mol. The van der Waals surface area contributed by atoms with Gasteiger partial charge >= 0.3 is 0 Å². The Morgan fingerprint density at radius 1 is 0.781 bits per heavy atom. The maximum Gasteiger partial charge on any atom is 0.255 e. The summed E-state index contributed by atoms with van der Waals surface area (Å²) in [4.78, 5) is 37.4. The molecule has 2 unspecified atom stereocenters. The first-order valence-corrected chi connectivity index (χ1v) is 10.9. The number of rotatable bonds is 6. The van der Waals surface area contributed by atoms with Crippen molar-refractivity contribution in [3.05, 3.63) is 53.6 Å². The van der Waals surface area contributed by atoms with Gasteiger partial charge in [0.2, 0.25) is 0 Å². The summed E-state index contributed by atoms with van der Waals surface area (Å²) in [5.41, 5.74) is 3.01. The number of carbonyl (C=O) groups excluding carboxylic acids is 3. The van der Waals surface area contributed by atoms with Gasteiger partial charge in [0.25, 0.3) is 17.7 Å². The largest absolute Gasteiger partial charge is 0.368 e. The minimum absolute atomic E-state index is 0.175. The highest BCUT2D eigenvalue weighted by molar-refractivity contribution is 6.08. The lowest BCUT2D eigenvalue weighted by Gasteiger charge is -2.16. The highest BCUT2D eigenvalue weighted by atomic mass is 16.5. The Kier molecular flexibility index (Phi) is 6.82. The number of anilines is 3. The molecule has 0 saturated carbocycles. The number of hydrogen-bond donors (Lipinski definition) is 3. The van der Waals surface area contributed by atoms with Crippen molar-refractivity contribution in [2.75, 3.05) is 29.2 Å². The third-order valence-electron chi connectivity index (χ3n) is 5.54. The van der Waals surface area contributed by atoms with Crippen LogP contribution in [0, 0.1) is 6.92 Å². The first-order chi connectivity index (χ1) is 15.5. The van der Waals surface area contributed by atoms with Crippen molar-refractivity contribution in [1.82, 2.24) is 0 Å². The summed E-state index contributed by atoms with van der Waals surface area (Å²) in [5.74, 6) is -0.709. The van der Waals surface area contributed by atoms with Crippen molar-refractivity contribution >= 4 is 34.8 Å². The predicted octanol–water partition coefficient (Wildman–Crippen LogP) is 3.48. The number of benzene rings is 2. The van der Waals surface area contributed by atoms with Crippen molar-refractivity contribution in [1.29, 1.82) is 0 Å². The molecule has 0 aliphatic carbocycles. The van der Waals surface area contributed by atoms with Gasteiger partial charge < -0.3 is 25.4 Å². The maximum absolute atomic E-state index is 12.8. The average molecular weight is 437 g/mol. The highest BCUT2D eigenvalue weighted by Gasteiger charge is 2.25. The van der Waals surface area contributed by atoms with Crippen LogP contribution in [0.5, 0.6) is 0 Å². The summed E-state index contributed by atoms with van der Waals surface area (Å²) in [6.07, 6.45) is 2.27. The van der Waals surface area contributed by atoms with Crippen LogP contribution in [0.1, 0.15) is 41.6 Å². The number of aryl methyl sites for hydroxylation is 1. The standard InChI is InChI=1S/C24H27N3O5/c1-15-6-11-18(19(14-15)27-24(30)21-5-3-13-32-21)26-22(28)16-7-9-17(10-8-16)25-23(29)20-4-2-12-31-20/h6-11,14,20-21H,2-5,12-13H2,1H3,(H,25,29)(H,26,28)(H,27,30). The molecule has 2 aliphatic rings. The molecular formula is C24H27N3O5. The van der Waals surface area contributed by atoms with Gasteiger partial charge in [-0.1, -0.05) is 6.07 Å². The minimum Gasteiger partial charge on any atom is -0.368 e. The van der Waals surface area contributed by atoms with E-state index in [1.807, 2.05) is 19.1 Å². The van der Waals surface area contributed by atoms with E-state index >= 15 is 0 Å². The molecule has 2 fully saturated rings. The molecular weight excluding hydrogens is 410 g/mol. The summed E-state index contributed by atoms with van der Waals surface area (Å²) >= 11 is 0. The van der Waals surface area contributed by atoms with Crippen LogP contribution >= 0.6 is 0 Å². The third-order valence-corrected chi connectivity index (χ3v) is 5.54. The summed E-state index contributed by atoms with van der Waals surface area (Å²) < 4.78 is 10.8. The van der Waals surface area contributed by atoms with Crippen LogP contribution in [0.15, 0.2) is 42.5 Å². The second kappa shape index (κ2) is 9.93. The van der Waals surface area contributed by atoms with E-state index in [1.54, 1.807) is 30.3 Å². The van der Waals surface area contributed by atoms with Gasteiger partial charge in [0.1, 0.15) is 12.2 Å². The van der Waals surface area contributed by atoms with E-state index in [9.17, 15) is 14.4 Å². The Bertz CT molecular complexity index is 993. The van der Waals surface area contributed by atoms with Crippen LogP contribution in [0.25, 0.3) is 0 Å². The van der Waals surface area contributed by atoms with Crippen molar-refractivity contribution in [3.63, 3.8) is 0 Å². The minimum atomic E-state index is -0.462. The van der Waals surface area contributed by atoms with Gasteiger partial charge in [-0.15, -0.1) is 0 Å². The fraction of sp³-hybridized carbons (Fsp3) is 0.375. The lowest BCUT2D eigenvalue weighted by molar-refractivity contribution is -0.125. The smallest absolute Gasteiger partial charge is 0.255 e. The van der Waals surface area contributed by atoms with Crippen LogP contribution in [0.2, 0.25) is 0 Å². The molecule has 2 atom stereocenters. The Hall–Kier alpha value is -3.23. The Balaban J connectivity index is 1.40. The van der Waals surface area contributed by atoms with Gasteiger partial charge in [0.05, 0.1) is 11.4 Å². The quantitative estimate of drug-likeness (QED) is 0.642. The van der Waals surface area contributed by atoms with Crippen LogP contribution in [-0.2, 0) is 19.1 Å². The van der Waals surface area contributed by atoms with E-state index < -0.39 is 12.2 Å². The number of ether oxygens (including phenoxy) is 2. The van der Waals surface area contributed by atoms with Crippen LogP contribution in [0.4, 0.5) is 17.1 Å². The zero-order valence-corrected chi connectivity index (χ0v) is 18.0. The fourth-order valence-electron chi connectivity index (χ4n) is 3.77. The van der Waals surface area contributed by atoms with Crippen molar-refractivity contribution in [2.45, 2.75) is 44.8 Å². The Morgan fingerprint density at radius 2 is 1.41 bits per heavy atom.